The largest absolute Gasteiger partial charge is 0.483 e. The Morgan fingerprint density at radius 3 is 2.50 bits per heavy atom. The van der Waals surface area contributed by atoms with E-state index in [0.29, 0.717) is 6.29 Å². The van der Waals surface area contributed by atoms with Gasteiger partial charge in [-0.25, -0.2) is 13.6 Å². The maximum absolute atomic E-state index is 16.0. The lowest BCUT2D eigenvalue weighted by molar-refractivity contribution is -0.133. The lowest BCUT2D eigenvalue weighted by atomic mass is 9.73. The second-order valence-electron chi connectivity index (χ2n) is 7.47. The summed E-state index contributed by atoms with van der Waals surface area (Å²) in [5.74, 6) is -3.03. The Hall–Kier alpha value is -2.70. The predicted molar refractivity (Wildman–Crippen MR) is 104 cm³/mol. The number of aldehydes is 1. The van der Waals surface area contributed by atoms with Crippen LogP contribution in [-0.4, -0.2) is 29.6 Å². The lowest BCUT2D eigenvalue weighted by Gasteiger charge is -2.36. The summed E-state index contributed by atoms with van der Waals surface area (Å²) in [5, 5.41) is 9.23. The molecule has 0 spiro atoms. The van der Waals surface area contributed by atoms with Crippen LogP contribution in [0.4, 0.5) is 14.5 Å². The summed E-state index contributed by atoms with van der Waals surface area (Å²) >= 11 is 0. The number of alkyl halides is 1. The van der Waals surface area contributed by atoms with Crippen LogP contribution in [0.1, 0.15) is 51.2 Å². The summed E-state index contributed by atoms with van der Waals surface area (Å²) in [4.78, 5) is 22.1. The van der Waals surface area contributed by atoms with E-state index in [0.717, 1.165) is 11.6 Å². The van der Waals surface area contributed by atoms with Gasteiger partial charge in [-0.3, -0.25) is 4.79 Å². The van der Waals surface area contributed by atoms with Crippen LogP contribution in [0.3, 0.4) is 0 Å². The number of benzene rings is 1. The van der Waals surface area contributed by atoms with Crippen LogP contribution in [0.2, 0.25) is 0 Å². The topological polar surface area (TPSA) is 89.6 Å². The zero-order chi connectivity index (χ0) is 21.2. The number of carbonyl (C=O) groups is 2. The number of ether oxygens (including phenoxy) is 1. The Morgan fingerprint density at radius 2 is 2.00 bits per heavy atom. The van der Waals surface area contributed by atoms with Crippen molar-refractivity contribution in [1.82, 2.24) is 0 Å². The van der Waals surface area contributed by atoms with E-state index < -0.39 is 29.8 Å². The molecule has 0 radical (unpaired) electrons. The first-order valence-corrected chi connectivity index (χ1v) is 9.06. The van der Waals surface area contributed by atoms with Crippen LogP contribution >= 0.6 is 0 Å². The number of carboxylic acids is 1. The minimum Gasteiger partial charge on any atom is -0.483 e. The summed E-state index contributed by atoms with van der Waals surface area (Å²) < 4.78 is 36.5. The van der Waals surface area contributed by atoms with Gasteiger partial charge in [0.2, 0.25) is 0 Å². The Bertz CT molecular complexity index is 858. The Balaban J connectivity index is 2.81. The highest BCUT2D eigenvalue weighted by Crippen LogP contribution is 2.51. The molecule has 7 heteroatoms. The molecule has 0 heterocycles. The number of hydrogen-bond acceptors (Lipinski definition) is 4. The number of rotatable bonds is 7. The zero-order valence-electron chi connectivity index (χ0n) is 16.4. The number of carboxylic acid groups (broad SMARTS) is 1. The molecule has 1 aliphatic carbocycles. The van der Waals surface area contributed by atoms with Gasteiger partial charge in [-0.15, -0.1) is 0 Å². The van der Waals surface area contributed by atoms with Crippen molar-refractivity contribution < 1.29 is 28.2 Å². The molecule has 0 saturated carbocycles. The molecule has 1 aliphatic rings. The van der Waals surface area contributed by atoms with E-state index in [1.165, 1.54) is 6.07 Å². The van der Waals surface area contributed by atoms with Crippen molar-refractivity contribution in [3.63, 3.8) is 0 Å². The highest BCUT2D eigenvalue weighted by Gasteiger charge is 2.46. The number of aliphatic carboxylic acids is 1. The van der Waals surface area contributed by atoms with Crippen molar-refractivity contribution in [2.75, 3.05) is 12.3 Å². The number of carbonyl (C=O) groups excluding carboxylic acids is 1. The van der Waals surface area contributed by atoms with Gasteiger partial charge in [-0.2, -0.15) is 0 Å². The van der Waals surface area contributed by atoms with Gasteiger partial charge in [0.15, 0.2) is 12.0 Å². The molecule has 2 rings (SSSR count). The Kier molecular flexibility index (Phi) is 6.27. The van der Waals surface area contributed by atoms with Gasteiger partial charge >= 0.3 is 5.97 Å². The molecule has 0 amide bonds. The number of nitrogens with two attached hydrogens (primary N) is 1. The molecule has 1 unspecified atom stereocenters. The SMILES string of the molecule is CC(C)c1ccc(C2=C(F)C=C(C(=O)O)CC2(F)C(C)C)c(OCC=O)c1N. The number of halogens is 2. The van der Waals surface area contributed by atoms with Crippen LogP contribution < -0.4 is 10.5 Å². The molecular formula is C21H25F2NO4. The van der Waals surface area contributed by atoms with Crippen molar-refractivity contribution in [2.24, 2.45) is 5.92 Å². The Labute approximate surface area is 162 Å². The van der Waals surface area contributed by atoms with Crippen LogP contribution in [0.15, 0.2) is 29.6 Å². The maximum atomic E-state index is 16.0. The van der Waals surface area contributed by atoms with Gasteiger partial charge in [-0.1, -0.05) is 39.8 Å². The molecule has 1 atom stereocenters. The Morgan fingerprint density at radius 1 is 1.36 bits per heavy atom. The average Bonchev–Trinajstić information content (AvgIpc) is 2.60. The van der Waals surface area contributed by atoms with Crippen molar-refractivity contribution in [1.29, 1.82) is 0 Å². The first kappa shape index (κ1) is 21.6. The predicted octanol–water partition coefficient (Wildman–Crippen LogP) is 4.43. The highest BCUT2D eigenvalue weighted by molar-refractivity contribution is 5.93. The molecule has 1 aromatic rings. The second-order valence-corrected chi connectivity index (χ2v) is 7.47. The first-order chi connectivity index (χ1) is 13.0. The number of anilines is 1. The summed E-state index contributed by atoms with van der Waals surface area (Å²) in [5.41, 5.74) is 4.27. The smallest absolute Gasteiger partial charge is 0.331 e. The fourth-order valence-corrected chi connectivity index (χ4v) is 3.41. The van der Waals surface area contributed by atoms with Gasteiger partial charge in [0.1, 0.15) is 18.1 Å². The molecule has 152 valence electrons. The fraction of sp³-hybridized carbons (Fsp3) is 0.429. The molecule has 0 fully saturated rings. The van der Waals surface area contributed by atoms with E-state index in [2.05, 4.69) is 0 Å². The quantitative estimate of drug-likeness (QED) is 0.528. The standard InChI is InChI=1S/C21H25F2NO4/c1-11(2)14-5-6-15(19(18(14)24)28-8-7-25)17-16(22)9-13(20(26)27)10-21(17,23)12(3)4/h5-7,9,11-12H,8,10,24H2,1-4H3,(H,26,27). The average molecular weight is 393 g/mol. The summed E-state index contributed by atoms with van der Waals surface area (Å²) in [6.07, 6.45) is 0.861. The normalized spacial score (nSPS) is 19.8. The number of hydrogen-bond donors (Lipinski definition) is 2. The molecule has 1 aromatic carbocycles. The molecule has 3 N–H and O–H groups in total. The molecule has 0 aliphatic heterocycles. The number of nitrogen functional groups attached to an aromatic ring is 1. The van der Waals surface area contributed by atoms with Gasteiger partial charge in [-0.05, 0) is 23.5 Å². The van der Waals surface area contributed by atoms with Gasteiger partial charge < -0.3 is 15.6 Å². The summed E-state index contributed by atoms with van der Waals surface area (Å²) in [6.45, 7) is 6.59. The van der Waals surface area contributed by atoms with E-state index in [9.17, 15) is 14.7 Å². The van der Waals surface area contributed by atoms with Crippen molar-refractivity contribution in [2.45, 2.75) is 45.7 Å². The lowest BCUT2D eigenvalue weighted by Crippen LogP contribution is -2.36. The van der Waals surface area contributed by atoms with Crippen LogP contribution in [0.5, 0.6) is 5.75 Å². The van der Waals surface area contributed by atoms with E-state index in [4.69, 9.17) is 10.5 Å². The minimum absolute atomic E-state index is 0.0246. The maximum Gasteiger partial charge on any atom is 0.331 e. The first-order valence-electron chi connectivity index (χ1n) is 9.06. The zero-order valence-corrected chi connectivity index (χ0v) is 16.4. The molecule has 0 aromatic heterocycles. The van der Waals surface area contributed by atoms with Crippen molar-refractivity contribution in [3.8, 4) is 5.75 Å². The minimum atomic E-state index is -2.28. The van der Waals surface area contributed by atoms with E-state index in [1.807, 2.05) is 13.8 Å². The van der Waals surface area contributed by atoms with E-state index in [1.54, 1.807) is 19.9 Å². The third-order valence-electron chi connectivity index (χ3n) is 5.01. The third kappa shape index (κ3) is 3.79. The van der Waals surface area contributed by atoms with Crippen molar-refractivity contribution in [3.05, 3.63) is 40.7 Å². The summed E-state index contributed by atoms with van der Waals surface area (Å²) in [7, 11) is 0. The molecule has 28 heavy (non-hydrogen) atoms. The van der Waals surface area contributed by atoms with Crippen LogP contribution in [-0.2, 0) is 9.59 Å². The van der Waals surface area contributed by atoms with Crippen molar-refractivity contribution >= 4 is 23.5 Å². The highest BCUT2D eigenvalue weighted by atomic mass is 19.1. The molecular weight excluding hydrogens is 368 g/mol. The fourth-order valence-electron chi connectivity index (χ4n) is 3.41. The van der Waals surface area contributed by atoms with E-state index >= 15 is 8.78 Å². The van der Waals surface area contributed by atoms with Gasteiger partial charge in [0, 0.05) is 23.1 Å². The number of allylic oxidation sites excluding steroid dienone is 3. The molecule has 0 bridgehead atoms. The molecule has 0 saturated heterocycles. The van der Waals surface area contributed by atoms with Crippen LogP contribution in [0.25, 0.3) is 5.57 Å². The summed E-state index contributed by atoms with van der Waals surface area (Å²) in [6, 6.07) is 3.18. The van der Waals surface area contributed by atoms with Gasteiger partial charge in [0.25, 0.3) is 0 Å². The monoisotopic (exact) mass is 393 g/mol. The second kappa shape index (κ2) is 8.12. The van der Waals surface area contributed by atoms with Gasteiger partial charge in [0.05, 0.1) is 5.69 Å². The van der Waals surface area contributed by atoms with Crippen LogP contribution in [0, 0.1) is 5.92 Å². The van der Waals surface area contributed by atoms with E-state index in [-0.39, 0.29) is 40.7 Å². The molecule has 5 nitrogen and oxygen atoms in total. The third-order valence-corrected chi connectivity index (χ3v) is 5.01.